The Kier molecular flexibility index (Phi) is 3.39. The minimum atomic E-state index is -1.07. The number of hydrogen-bond acceptors (Lipinski definition) is 2. The molecular weight excluding hydrogens is 130 g/mol. The number of rotatable bonds is 3. The monoisotopic (exact) mass is 141 g/mol. The zero-order chi connectivity index (χ0) is 8.15. The summed E-state index contributed by atoms with van der Waals surface area (Å²) in [5, 5.41) is 8.28. The van der Waals surface area contributed by atoms with E-state index in [0.717, 1.165) is 0 Å². The molecule has 3 heteroatoms. The van der Waals surface area contributed by atoms with Crippen LogP contribution in [0.2, 0.25) is 0 Å². The predicted octanol–water partition coefficient (Wildman–Crippen LogP) is 1.31. The van der Waals surface area contributed by atoms with Crippen LogP contribution in [0, 0.1) is 5.92 Å². The fourth-order valence-corrected chi connectivity index (χ4v) is 0.294. The first-order chi connectivity index (χ1) is 4.54. The van der Waals surface area contributed by atoms with Crippen LogP contribution in [0.5, 0.6) is 0 Å². The van der Waals surface area contributed by atoms with Crippen LogP contribution in [-0.4, -0.2) is 17.3 Å². The van der Waals surface area contributed by atoms with Crippen molar-refractivity contribution in [3.05, 3.63) is 12.3 Å². The molecule has 0 unspecified atom stereocenters. The summed E-state index contributed by atoms with van der Waals surface area (Å²) >= 11 is 0. The lowest BCUT2D eigenvalue weighted by atomic mass is 10.2. The molecule has 0 aromatic carbocycles. The molecule has 0 radical (unpaired) electrons. The number of carboxylic acid groups (broad SMARTS) is 1. The van der Waals surface area contributed by atoms with Crippen LogP contribution in [0.25, 0.3) is 0 Å². The Labute approximate surface area is 60.1 Å². The smallest absolute Gasteiger partial charge is 0.353 e. The molecule has 56 valence electrons. The number of carboxylic acids is 1. The minimum Gasteiger partial charge on any atom is -0.477 e. The van der Waals surface area contributed by atoms with Crippen molar-refractivity contribution in [1.82, 2.24) is 0 Å². The van der Waals surface area contributed by atoms with Crippen LogP contribution in [0.1, 0.15) is 13.8 Å². The van der Waals surface area contributed by atoms with Gasteiger partial charge in [0, 0.05) is 6.21 Å². The first kappa shape index (κ1) is 8.88. The van der Waals surface area contributed by atoms with Crippen molar-refractivity contribution >= 4 is 12.2 Å². The molecule has 0 aliphatic carbocycles. The van der Waals surface area contributed by atoms with Gasteiger partial charge >= 0.3 is 5.97 Å². The second kappa shape index (κ2) is 3.82. The molecule has 0 aromatic heterocycles. The standard InChI is InChI=1S/C7H11NO2/c1-5(2)4-8-6(3)7(9)10/h4-5H,3H2,1-2H3,(H,9,10). The van der Waals surface area contributed by atoms with E-state index in [9.17, 15) is 4.79 Å². The molecule has 0 saturated heterocycles. The fraction of sp³-hybridized carbons (Fsp3) is 0.429. The van der Waals surface area contributed by atoms with Crippen molar-refractivity contribution in [2.45, 2.75) is 13.8 Å². The van der Waals surface area contributed by atoms with Crippen molar-refractivity contribution in [2.24, 2.45) is 10.9 Å². The highest BCUT2D eigenvalue weighted by Gasteiger charge is 1.98. The van der Waals surface area contributed by atoms with Crippen molar-refractivity contribution in [3.8, 4) is 0 Å². The molecule has 0 aliphatic rings. The molecule has 3 nitrogen and oxygen atoms in total. The molecule has 0 heterocycles. The van der Waals surface area contributed by atoms with E-state index in [1.54, 1.807) is 6.21 Å². The van der Waals surface area contributed by atoms with Crippen molar-refractivity contribution in [3.63, 3.8) is 0 Å². The molecule has 0 spiro atoms. The van der Waals surface area contributed by atoms with E-state index in [1.807, 2.05) is 13.8 Å². The largest absolute Gasteiger partial charge is 0.477 e. The van der Waals surface area contributed by atoms with Crippen molar-refractivity contribution in [2.75, 3.05) is 0 Å². The topological polar surface area (TPSA) is 49.7 Å². The second-order valence-corrected chi connectivity index (χ2v) is 2.27. The zero-order valence-electron chi connectivity index (χ0n) is 6.16. The predicted molar refractivity (Wildman–Crippen MR) is 40.1 cm³/mol. The Morgan fingerprint density at radius 1 is 1.70 bits per heavy atom. The van der Waals surface area contributed by atoms with Gasteiger partial charge in [-0.3, -0.25) is 4.99 Å². The molecule has 10 heavy (non-hydrogen) atoms. The normalized spacial score (nSPS) is 10.7. The van der Waals surface area contributed by atoms with Gasteiger partial charge in [-0.25, -0.2) is 4.79 Å². The maximum Gasteiger partial charge on any atom is 0.353 e. The summed E-state index contributed by atoms with van der Waals surface area (Å²) in [4.78, 5) is 13.7. The molecule has 0 aromatic rings. The lowest BCUT2D eigenvalue weighted by molar-refractivity contribution is -0.132. The van der Waals surface area contributed by atoms with Crippen LogP contribution in [0.4, 0.5) is 0 Å². The summed E-state index contributed by atoms with van der Waals surface area (Å²) in [6.45, 7) is 7.06. The third-order valence-electron chi connectivity index (χ3n) is 0.775. The average Bonchev–Trinajstić information content (AvgIpc) is 1.82. The summed E-state index contributed by atoms with van der Waals surface area (Å²) < 4.78 is 0. The van der Waals surface area contributed by atoms with Crippen molar-refractivity contribution in [1.29, 1.82) is 0 Å². The van der Waals surface area contributed by atoms with E-state index < -0.39 is 5.97 Å². The van der Waals surface area contributed by atoms with E-state index in [0.29, 0.717) is 0 Å². The molecule has 0 bridgehead atoms. The highest BCUT2D eigenvalue weighted by molar-refractivity contribution is 5.87. The van der Waals surface area contributed by atoms with Gasteiger partial charge in [0.2, 0.25) is 0 Å². The quantitative estimate of drug-likeness (QED) is 0.476. The highest BCUT2D eigenvalue weighted by Crippen LogP contribution is 1.93. The maximum absolute atomic E-state index is 10.1. The van der Waals surface area contributed by atoms with Gasteiger partial charge in [0.05, 0.1) is 0 Å². The van der Waals surface area contributed by atoms with E-state index >= 15 is 0 Å². The van der Waals surface area contributed by atoms with E-state index in [2.05, 4.69) is 11.6 Å². The molecule has 0 amide bonds. The molecule has 1 N–H and O–H groups in total. The zero-order valence-corrected chi connectivity index (χ0v) is 6.16. The first-order valence-electron chi connectivity index (χ1n) is 3.00. The van der Waals surface area contributed by atoms with Crippen LogP contribution >= 0.6 is 0 Å². The first-order valence-corrected chi connectivity index (χ1v) is 3.00. The average molecular weight is 141 g/mol. The van der Waals surface area contributed by atoms with Gasteiger partial charge in [-0.2, -0.15) is 0 Å². The molecule has 0 fully saturated rings. The molecule has 0 aliphatic heterocycles. The summed E-state index contributed by atoms with van der Waals surface area (Å²) in [7, 11) is 0. The SMILES string of the molecule is C=C(N=CC(C)C)C(=O)O. The van der Waals surface area contributed by atoms with E-state index in [1.165, 1.54) is 0 Å². The maximum atomic E-state index is 10.1. The van der Waals surface area contributed by atoms with Gasteiger partial charge in [-0.1, -0.05) is 20.4 Å². The second-order valence-electron chi connectivity index (χ2n) is 2.27. The number of aliphatic carboxylic acids is 1. The molecule has 0 rings (SSSR count). The van der Waals surface area contributed by atoms with Gasteiger partial charge in [-0.15, -0.1) is 0 Å². The van der Waals surface area contributed by atoms with Crippen LogP contribution in [-0.2, 0) is 4.79 Å². The van der Waals surface area contributed by atoms with Crippen molar-refractivity contribution < 1.29 is 9.90 Å². The summed E-state index contributed by atoms with van der Waals surface area (Å²) in [6.07, 6.45) is 1.55. The van der Waals surface area contributed by atoms with Gasteiger partial charge in [0.25, 0.3) is 0 Å². The van der Waals surface area contributed by atoms with E-state index in [4.69, 9.17) is 5.11 Å². The summed E-state index contributed by atoms with van der Waals surface area (Å²) in [5.41, 5.74) is -0.117. The minimum absolute atomic E-state index is 0.117. The summed E-state index contributed by atoms with van der Waals surface area (Å²) in [6, 6.07) is 0. The third-order valence-corrected chi connectivity index (χ3v) is 0.775. The van der Waals surface area contributed by atoms with Crippen LogP contribution in [0.15, 0.2) is 17.3 Å². The Hall–Kier alpha value is -1.12. The molecule has 0 atom stereocenters. The Bertz CT molecular complexity index is 170. The Balaban J connectivity index is 3.91. The van der Waals surface area contributed by atoms with Gasteiger partial charge in [-0.05, 0) is 5.92 Å². The molecular formula is C7H11NO2. The number of nitrogens with zero attached hydrogens (tertiary/aromatic N) is 1. The number of hydrogen-bond donors (Lipinski definition) is 1. The third kappa shape index (κ3) is 3.83. The van der Waals surface area contributed by atoms with Gasteiger partial charge < -0.3 is 5.11 Å². The van der Waals surface area contributed by atoms with E-state index in [-0.39, 0.29) is 11.6 Å². The number of aliphatic imine (C=N–C) groups is 1. The van der Waals surface area contributed by atoms with Gasteiger partial charge in [0.1, 0.15) is 5.70 Å². The number of carbonyl (C=O) groups is 1. The lowest BCUT2D eigenvalue weighted by Crippen LogP contribution is -1.97. The fourth-order valence-electron chi connectivity index (χ4n) is 0.294. The Morgan fingerprint density at radius 2 is 2.20 bits per heavy atom. The van der Waals surface area contributed by atoms with Crippen LogP contribution in [0.3, 0.4) is 0 Å². The highest BCUT2D eigenvalue weighted by atomic mass is 16.4. The molecule has 0 saturated carbocycles. The van der Waals surface area contributed by atoms with Crippen LogP contribution < -0.4 is 0 Å². The Morgan fingerprint density at radius 3 is 2.50 bits per heavy atom. The lowest BCUT2D eigenvalue weighted by Gasteiger charge is -1.92. The van der Waals surface area contributed by atoms with Gasteiger partial charge in [0.15, 0.2) is 0 Å². The summed E-state index contributed by atoms with van der Waals surface area (Å²) in [5.74, 6) is -0.812.